The van der Waals surface area contributed by atoms with Gasteiger partial charge in [-0.2, -0.15) is 0 Å². The fraction of sp³-hybridized carbons (Fsp3) is 0.211. The van der Waals surface area contributed by atoms with Crippen LogP contribution in [0.25, 0.3) is 0 Å². The molecule has 2 rings (SSSR count). The monoisotopic (exact) mass is 401 g/mol. The summed E-state index contributed by atoms with van der Waals surface area (Å²) in [6.45, 7) is 5.09. The first-order chi connectivity index (χ1) is 13.5. The van der Waals surface area contributed by atoms with Crippen LogP contribution in [0.4, 0.5) is 17.1 Å². The van der Waals surface area contributed by atoms with Gasteiger partial charge in [0.25, 0.3) is 5.95 Å². The van der Waals surface area contributed by atoms with Crippen molar-refractivity contribution in [1.29, 1.82) is 0 Å². The highest BCUT2D eigenvalue weighted by molar-refractivity contribution is 6.07. The summed E-state index contributed by atoms with van der Waals surface area (Å²) in [6.07, 6.45) is 0. The predicted octanol–water partition coefficient (Wildman–Crippen LogP) is 2.31. The zero-order valence-electron chi connectivity index (χ0n) is 16.1. The van der Waals surface area contributed by atoms with Crippen LogP contribution in [0, 0.1) is 0 Å². The molecule has 152 valence electrons. The Bertz CT molecular complexity index is 1070. The molecule has 4 N–H and O–H groups in total. The van der Waals surface area contributed by atoms with Crippen LogP contribution in [0.5, 0.6) is 11.7 Å². The van der Waals surface area contributed by atoms with Gasteiger partial charge >= 0.3 is 5.63 Å². The van der Waals surface area contributed by atoms with E-state index in [4.69, 9.17) is 0 Å². The lowest BCUT2D eigenvalue weighted by molar-refractivity contribution is -0.115. The van der Waals surface area contributed by atoms with E-state index in [1.807, 2.05) is 0 Å². The molecule has 0 fully saturated rings. The van der Waals surface area contributed by atoms with Crippen molar-refractivity contribution >= 4 is 40.4 Å². The fourth-order valence-electron chi connectivity index (χ4n) is 2.63. The van der Waals surface area contributed by atoms with Crippen LogP contribution in [0.2, 0.25) is 0 Å². The molecule has 0 saturated carbocycles. The van der Waals surface area contributed by atoms with E-state index in [-0.39, 0.29) is 23.2 Å². The second-order valence-corrected chi connectivity index (χ2v) is 6.18. The van der Waals surface area contributed by atoms with Gasteiger partial charge in [-0.3, -0.25) is 19.4 Å². The van der Waals surface area contributed by atoms with Crippen molar-refractivity contribution < 1.29 is 29.0 Å². The molecular weight excluding hydrogens is 382 g/mol. The number of Topliss-reactive ketones (excluding diaryl/α,β-unsaturated/α-hetero) is 1. The first-order valence-corrected chi connectivity index (χ1v) is 8.35. The van der Waals surface area contributed by atoms with E-state index in [0.717, 1.165) is 6.92 Å². The molecule has 10 nitrogen and oxygen atoms in total. The van der Waals surface area contributed by atoms with Crippen LogP contribution in [-0.4, -0.2) is 33.5 Å². The number of aromatic hydroxyl groups is 2. The standard InChI is InChI=1S/C19H19N3O7/c1-8(15-17(26)16(9(2)23)19(28)29-18(15)27)20-12-5-13(21-10(3)24)7-14(6-12)22-11(4)25/h5-7,26,28H,1-4H3,(H,21,24)(H,22,25). The Morgan fingerprint density at radius 2 is 1.41 bits per heavy atom. The molecule has 2 aromatic rings. The summed E-state index contributed by atoms with van der Waals surface area (Å²) in [5.41, 5.74) is -1.16. The van der Waals surface area contributed by atoms with Crippen molar-refractivity contribution in [3.63, 3.8) is 0 Å². The van der Waals surface area contributed by atoms with Gasteiger partial charge in [0, 0.05) is 25.2 Å². The summed E-state index contributed by atoms with van der Waals surface area (Å²) < 4.78 is 4.62. The molecular formula is C19H19N3O7. The first kappa shape index (κ1) is 21.4. The Morgan fingerprint density at radius 1 is 0.897 bits per heavy atom. The molecule has 0 aliphatic carbocycles. The van der Waals surface area contributed by atoms with Gasteiger partial charge in [0.1, 0.15) is 16.9 Å². The van der Waals surface area contributed by atoms with E-state index >= 15 is 0 Å². The molecule has 29 heavy (non-hydrogen) atoms. The van der Waals surface area contributed by atoms with Crippen LogP contribution in [0.15, 0.2) is 32.4 Å². The van der Waals surface area contributed by atoms with Crippen molar-refractivity contribution in [2.24, 2.45) is 4.99 Å². The zero-order valence-corrected chi connectivity index (χ0v) is 16.1. The number of anilines is 2. The molecule has 0 atom stereocenters. The summed E-state index contributed by atoms with van der Waals surface area (Å²) in [7, 11) is 0. The Kier molecular flexibility index (Phi) is 6.17. The minimum atomic E-state index is -1.09. The number of amides is 2. The number of ketones is 1. The van der Waals surface area contributed by atoms with Gasteiger partial charge in [-0.25, -0.2) is 4.79 Å². The number of carbonyl (C=O) groups is 3. The van der Waals surface area contributed by atoms with Crippen molar-refractivity contribution in [2.45, 2.75) is 27.7 Å². The van der Waals surface area contributed by atoms with Crippen LogP contribution in [-0.2, 0) is 9.59 Å². The molecule has 0 spiro atoms. The van der Waals surface area contributed by atoms with Crippen LogP contribution in [0.3, 0.4) is 0 Å². The maximum absolute atomic E-state index is 12.1. The maximum Gasteiger partial charge on any atom is 0.351 e. The van der Waals surface area contributed by atoms with Gasteiger partial charge in [0.05, 0.1) is 11.4 Å². The third-order valence-electron chi connectivity index (χ3n) is 3.65. The van der Waals surface area contributed by atoms with Gasteiger partial charge in [-0.1, -0.05) is 0 Å². The van der Waals surface area contributed by atoms with Gasteiger partial charge in [0.15, 0.2) is 5.78 Å². The molecule has 0 aliphatic rings. The number of nitrogens with one attached hydrogen (secondary N) is 2. The number of rotatable bonds is 5. The average molecular weight is 401 g/mol. The number of nitrogens with zero attached hydrogens (tertiary/aromatic N) is 1. The predicted molar refractivity (Wildman–Crippen MR) is 105 cm³/mol. The molecule has 0 saturated heterocycles. The van der Waals surface area contributed by atoms with Crippen LogP contribution < -0.4 is 16.3 Å². The van der Waals surface area contributed by atoms with E-state index in [1.54, 1.807) is 0 Å². The summed E-state index contributed by atoms with van der Waals surface area (Å²) >= 11 is 0. The molecule has 0 aliphatic heterocycles. The summed E-state index contributed by atoms with van der Waals surface area (Å²) in [5.74, 6) is -3.15. The maximum atomic E-state index is 12.1. The number of hydrogen-bond donors (Lipinski definition) is 4. The van der Waals surface area contributed by atoms with Gasteiger partial charge in [0.2, 0.25) is 11.8 Å². The van der Waals surface area contributed by atoms with E-state index in [0.29, 0.717) is 11.4 Å². The van der Waals surface area contributed by atoms with E-state index in [2.05, 4.69) is 20.0 Å². The fourth-order valence-corrected chi connectivity index (χ4v) is 2.63. The molecule has 1 aromatic heterocycles. The number of carbonyl (C=O) groups excluding carboxylic acids is 3. The smallest absolute Gasteiger partial charge is 0.351 e. The highest BCUT2D eigenvalue weighted by Gasteiger charge is 2.24. The summed E-state index contributed by atoms with van der Waals surface area (Å²) in [5, 5.41) is 25.0. The second-order valence-electron chi connectivity index (χ2n) is 6.18. The quantitative estimate of drug-likeness (QED) is 0.442. The van der Waals surface area contributed by atoms with Crippen molar-refractivity contribution in [2.75, 3.05) is 10.6 Å². The lowest BCUT2D eigenvalue weighted by Gasteiger charge is -2.10. The first-order valence-electron chi connectivity index (χ1n) is 8.35. The van der Waals surface area contributed by atoms with E-state index in [1.165, 1.54) is 39.0 Å². The third kappa shape index (κ3) is 5.06. The Hall–Kier alpha value is -3.95. The van der Waals surface area contributed by atoms with E-state index < -0.39 is 34.2 Å². The molecule has 0 unspecified atom stereocenters. The highest BCUT2D eigenvalue weighted by Crippen LogP contribution is 2.30. The molecule has 0 bridgehead atoms. The molecule has 2 amide bonds. The van der Waals surface area contributed by atoms with E-state index in [9.17, 15) is 29.4 Å². The Morgan fingerprint density at radius 3 is 1.86 bits per heavy atom. The minimum absolute atomic E-state index is 0.0208. The minimum Gasteiger partial charge on any atom is -0.506 e. The van der Waals surface area contributed by atoms with Gasteiger partial charge < -0.3 is 25.3 Å². The summed E-state index contributed by atoms with van der Waals surface area (Å²) in [6, 6.07) is 4.46. The SMILES string of the molecule is CC(=O)Nc1cc(N=C(C)c2c(O)c(C(C)=O)c(O)oc2=O)cc(NC(C)=O)c1. The third-order valence-corrected chi connectivity index (χ3v) is 3.65. The number of benzene rings is 1. The zero-order chi connectivity index (χ0) is 21.9. The Labute approximate surface area is 164 Å². The lowest BCUT2D eigenvalue weighted by Crippen LogP contribution is -2.15. The lowest BCUT2D eigenvalue weighted by atomic mass is 10.1. The van der Waals surface area contributed by atoms with Gasteiger partial charge in [-0.05, 0) is 32.0 Å². The largest absolute Gasteiger partial charge is 0.506 e. The van der Waals surface area contributed by atoms with Gasteiger partial charge in [-0.15, -0.1) is 0 Å². The average Bonchev–Trinajstić information content (AvgIpc) is 2.51. The normalized spacial score (nSPS) is 11.1. The molecule has 1 aromatic carbocycles. The van der Waals surface area contributed by atoms with Crippen molar-refractivity contribution in [3.8, 4) is 11.7 Å². The number of hydrogen-bond acceptors (Lipinski definition) is 8. The molecule has 0 radical (unpaired) electrons. The number of aliphatic imine (C=N–C) groups is 1. The van der Waals surface area contributed by atoms with Crippen LogP contribution >= 0.6 is 0 Å². The molecule has 10 heteroatoms. The highest BCUT2D eigenvalue weighted by atomic mass is 16.5. The summed E-state index contributed by atoms with van der Waals surface area (Å²) in [4.78, 5) is 50.6. The Balaban J connectivity index is 2.63. The van der Waals surface area contributed by atoms with Crippen molar-refractivity contribution in [3.05, 3.63) is 39.7 Å². The topological polar surface area (TPSA) is 158 Å². The molecule has 1 heterocycles. The van der Waals surface area contributed by atoms with Crippen LogP contribution in [0.1, 0.15) is 43.6 Å². The van der Waals surface area contributed by atoms with Crippen molar-refractivity contribution in [1.82, 2.24) is 0 Å². The second kappa shape index (κ2) is 8.38.